The molecule has 5 nitrogen and oxygen atoms in total. The first kappa shape index (κ1) is 16.5. The van der Waals surface area contributed by atoms with Gasteiger partial charge in [-0.2, -0.15) is 16.1 Å². The Labute approximate surface area is 128 Å². The summed E-state index contributed by atoms with van der Waals surface area (Å²) in [4.78, 5) is -0.0445. The fourth-order valence-electron chi connectivity index (χ4n) is 2.31. The maximum Gasteiger partial charge on any atom is 0.245 e. The van der Waals surface area contributed by atoms with E-state index in [2.05, 4.69) is 0 Å². The maximum absolute atomic E-state index is 13.1. The van der Waals surface area contributed by atoms with E-state index in [1.165, 1.54) is 17.5 Å². The lowest BCUT2D eigenvalue weighted by atomic mass is 10.3. The Kier molecular flexibility index (Phi) is 5.48. The van der Waals surface area contributed by atoms with Crippen molar-refractivity contribution in [2.45, 2.75) is 17.4 Å². The molecule has 8 heteroatoms. The van der Waals surface area contributed by atoms with Gasteiger partial charge in [-0.25, -0.2) is 12.8 Å². The average molecular weight is 334 g/mol. The van der Waals surface area contributed by atoms with Crippen LogP contribution in [0.4, 0.5) is 10.1 Å². The van der Waals surface area contributed by atoms with Gasteiger partial charge in [0.05, 0.1) is 12.3 Å². The number of hydrogen-bond acceptors (Lipinski definition) is 5. The zero-order valence-corrected chi connectivity index (χ0v) is 13.4. The number of sulfonamides is 1. The van der Waals surface area contributed by atoms with Crippen LogP contribution in [0.25, 0.3) is 0 Å². The van der Waals surface area contributed by atoms with Gasteiger partial charge in [0.15, 0.2) is 0 Å². The van der Waals surface area contributed by atoms with Crippen molar-refractivity contribution in [3.8, 4) is 0 Å². The molecule has 1 unspecified atom stereocenters. The third-order valence-electron chi connectivity index (χ3n) is 3.39. The van der Waals surface area contributed by atoms with E-state index in [1.54, 1.807) is 11.8 Å². The summed E-state index contributed by atoms with van der Waals surface area (Å²) < 4.78 is 45.2. The Morgan fingerprint density at radius 2 is 2.29 bits per heavy atom. The van der Waals surface area contributed by atoms with Crippen molar-refractivity contribution in [3.05, 3.63) is 24.0 Å². The van der Waals surface area contributed by atoms with Crippen molar-refractivity contribution < 1.29 is 17.5 Å². The van der Waals surface area contributed by atoms with Gasteiger partial charge in [0, 0.05) is 25.4 Å². The molecular formula is C13H19FN2O3S2. The molecule has 1 atom stereocenters. The minimum atomic E-state index is -3.76. The van der Waals surface area contributed by atoms with Crippen LogP contribution in [0.1, 0.15) is 6.42 Å². The molecule has 0 aliphatic carbocycles. The van der Waals surface area contributed by atoms with Crippen LogP contribution in [0.5, 0.6) is 0 Å². The Hall–Kier alpha value is -0.830. The number of nitrogens with two attached hydrogens (primary N) is 1. The molecule has 21 heavy (non-hydrogen) atoms. The van der Waals surface area contributed by atoms with Crippen LogP contribution < -0.4 is 5.73 Å². The van der Waals surface area contributed by atoms with Crippen molar-refractivity contribution in [1.29, 1.82) is 0 Å². The van der Waals surface area contributed by atoms with Gasteiger partial charge in [0.2, 0.25) is 10.0 Å². The molecule has 0 saturated carbocycles. The first-order valence-electron chi connectivity index (χ1n) is 6.60. The lowest BCUT2D eigenvalue weighted by Gasteiger charge is -2.27. The molecule has 1 fully saturated rings. The van der Waals surface area contributed by atoms with Gasteiger partial charge in [-0.1, -0.05) is 0 Å². The SMILES string of the molecule is COCCN(C1CCSC1)S(=O)(=O)c1ccc(F)cc1N. The lowest BCUT2D eigenvalue weighted by Crippen LogP contribution is -2.42. The van der Waals surface area contributed by atoms with Crippen LogP contribution in [0.3, 0.4) is 0 Å². The fraction of sp³-hybridized carbons (Fsp3) is 0.538. The highest BCUT2D eigenvalue weighted by molar-refractivity contribution is 7.99. The molecule has 1 aliphatic heterocycles. The highest BCUT2D eigenvalue weighted by atomic mass is 32.2. The van der Waals surface area contributed by atoms with E-state index in [-0.39, 0.29) is 23.2 Å². The second-order valence-electron chi connectivity index (χ2n) is 4.81. The second kappa shape index (κ2) is 6.95. The lowest BCUT2D eigenvalue weighted by molar-refractivity contribution is 0.169. The Morgan fingerprint density at radius 3 is 2.86 bits per heavy atom. The number of methoxy groups -OCH3 is 1. The van der Waals surface area contributed by atoms with E-state index in [0.717, 1.165) is 30.1 Å². The second-order valence-corrected chi connectivity index (χ2v) is 7.82. The quantitative estimate of drug-likeness (QED) is 0.799. The summed E-state index contributed by atoms with van der Waals surface area (Å²) in [5.74, 6) is 1.14. The molecule has 1 heterocycles. The third kappa shape index (κ3) is 3.68. The standard InChI is InChI=1S/C13H19FN2O3S2/c1-19-6-5-16(11-4-7-20-9-11)21(17,18)13-3-2-10(14)8-12(13)15/h2-3,8,11H,4-7,9,15H2,1H3. The number of nitrogen functional groups attached to an aromatic ring is 1. The summed E-state index contributed by atoms with van der Waals surface area (Å²) >= 11 is 1.72. The minimum Gasteiger partial charge on any atom is -0.398 e. The molecule has 0 aromatic heterocycles. The smallest absolute Gasteiger partial charge is 0.245 e. The number of anilines is 1. The van der Waals surface area contributed by atoms with Gasteiger partial charge in [-0.15, -0.1) is 0 Å². The van der Waals surface area contributed by atoms with Crippen molar-refractivity contribution in [2.75, 3.05) is 37.5 Å². The summed E-state index contributed by atoms with van der Waals surface area (Å²) in [6, 6.07) is 3.30. The van der Waals surface area contributed by atoms with Crippen molar-refractivity contribution in [1.82, 2.24) is 4.31 Å². The van der Waals surface area contributed by atoms with Crippen molar-refractivity contribution in [3.63, 3.8) is 0 Å². The molecule has 1 aromatic carbocycles. The van der Waals surface area contributed by atoms with Crippen LogP contribution in [-0.4, -0.2) is 50.5 Å². The van der Waals surface area contributed by atoms with Gasteiger partial charge in [-0.05, 0) is 30.4 Å². The molecule has 2 N–H and O–H groups in total. The van der Waals surface area contributed by atoms with Crippen molar-refractivity contribution in [2.24, 2.45) is 0 Å². The van der Waals surface area contributed by atoms with Crippen LogP contribution in [0.15, 0.2) is 23.1 Å². The average Bonchev–Trinajstić information content (AvgIpc) is 2.92. The highest BCUT2D eigenvalue weighted by Gasteiger charge is 2.34. The summed E-state index contributed by atoms with van der Waals surface area (Å²) in [7, 11) is -2.23. The molecule has 0 spiro atoms. The molecule has 2 rings (SSSR count). The number of thioether (sulfide) groups is 1. The van der Waals surface area contributed by atoms with E-state index in [4.69, 9.17) is 10.5 Å². The monoisotopic (exact) mass is 334 g/mol. The third-order valence-corrected chi connectivity index (χ3v) is 6.56. The Balaban J connectivity index is 2.35. The van der Waals surface area contributed by atoms with Crippen LogP contribution in [0, 0.1) is 5.82 Å². The van der Waals surface area contributed by atoms with E-state index < -0.39 is 15.8 Å². The van der Waals surface area contributed by atoms with Gasteiger partial charge in [0.25, 0.3) is 0 Å². The van der Waals surface area contributed by atoms with Gasteiger partial charge in [-0.3, -0.25) is 0 Å². The van der Waals surface area contributed by atoms with Gasteiger partial charge >= 0.3 is 0 Å². The molecular weight excluding hydrogens is 315 g/mol. The number of ether oxygens (including phenoxy) is 1. The number of halogens is 1. The molecule has 0 bridgehead atoms. The normalized spacial score (nSPS) is 19.3. The largest absolute Gasteiger partial charge is 0.398 e. The first-order chi connectivity index (χ1) is 9.96. The van der Waals surface area contributed by atoms with Gasteiger partial charge < -0.3 is 10.5 Å². The van der Waals surface area contributed by atoms with E-state index in [9.17, 15) is 12.8 Å². The summed E-state index contributed by atoms with van der Waals surface area (Å²) in [5.41, 5.74) is 5.62. The molecule has 1 aliphatic rings. The van der Waals surface area contributed by atoms with E-state index in [0.29, 0.717) is 6.61 Å². The number of benzene rings is 1. The number of nitrogens with zero attached hydrogens (tertiary/aromatic N) is 1. The molecule has 1 saturated heterocycles. The van der Waals surface area contributed by atoms with Crippen LogP contribution in [-0.2, 0) is 14.8 Å². The summed E-state index contributed by atoms with van der Waals surface area (Å²) in [6.07, 6.45) is 0.800. The summed E-state index contributed by atoms with van der Waals surface area (Å²) in [5, 5.41) is 0. The van der Waals surface area contributed by atoms with Crippen LogP contribution in [0.2, 0.25) is 0 Å². The first-order valence-corrected chi connectivity index (χ1v) is 9.20. The summed E-state index contributed by atoms with van der Waals surface area (Å²) in [6.45, 7) is 0.572. The minimum absolute atomic E-state index is 0.0445. The van der Waals surface area contributed by atoms with E-state index >= 15 is 0 Å². The molecule has 0 radical (unpaired) electrons. The molecule has 0 amide bonds. The van der Waals surface area contributed by atoms with E-state index in [1.807, 2.05) is 0 Å². The zero-order valence-electron chi connectivity index (χ0n) is 11.8. The zero-order chi connectivity index (χ0) is 15.5. The predicted octanol–water partition coefficient (Wildman–Crippen LogP) is 1.55. The highest BCUT2D eigenvalue weighted by Crippen LogP contribution is 2.29. The van der Waals surface area contributed by atoms with Gasteiger partial charge in [0.1, 0.15) is 10.7 Å². The topological polar surface area (TPSA) is 72.6 Å². The number of hydrogen-bond donors (Lipinski definition) is 1. The number of rotatable bonds is 6. The molecule has 118 valence electrons. The molecule has 1 aromatic rings. The fourth-order valence-corrected chi connectivity index (χ4v) is 5.37. The predicted molar refractivity (Wildman–Crippen MR) is 82.3 cm³/mol. The van der Waals surface area contributed by atoms with Crippen LogP contribution >= 0.6 is 11.8 Å². The van der Waals surface area contributed by atoms with Crippen molar-refractivity contribution >= 4 is 27.5 Å². The Morgan fingerprint density at radius 1 is 1.52 bits per heavy atom. The Bertz CT molecular complexity index is 589. The maximum atomic E-state index is 13.1.